The van der Waals surface area contributed by atoms with Crippen molar-refractivity contribution >= 4 is 11.6 Å². The standard InChI is InChI=1S/C20H25NO4/c1-14-8-5-6-9-17(14)25-11-7-10-20(22)21-16-13-19(24-4)18(23-3)12-15(16)2/h5-6,8-9,12-13H,7,10-11H2,1-4H3,(H,21,22). The second-order valence-corrected chi connectivity index (χ2v) is 5.79. The number of ether oxygens (including phenoxy) is 3. The fraction of sp³-hybridized carbons (Fsp3) is 0.350. The van der Waals surface area contributed by atoms with E-state index in [-0.39, 0.29) is 5.91 Å². The van der Waals surface area contributed by atoms with Gasteiger partial charge in [-0.05, 0) is 43.5 Å². The third-order valence-corrected chi connectivity index (χ3v) is 3.90. The summed E-state index contributed by atoms with van der Waals surface area (Å²) in [4.78, 5) is 12.2. The van der Waals surface area contributed by atoms with Crippen molar-refractivity contribution in [1.29, 1.82) is 0 Å². The highest BCUT2D eigenvalue weighted by molar-refractivity contribution is 5.92. The fourth-order valence-electron chi connectivity index (χ4n) is 2.46. The zero-order valence-electron chi connectivity index (χ0n) is 15.2. The van der Waals surface area contributed by atoms with Crippen molar-refractivity contribution in [2.45, 2.75) is 26.7 Å². The normalized spacial score (nSPS) is 10.2. The predicted octanol–water partition coefficient (Wildman–Crippen LogP) is 4.12. The van der Waals surface area contributed by atoms with Gasteiger partial charge >= 0.3 is 0 Å². The molecule has 0 fully saturated rings. The minimum atomic E-state index is -0.0521. The third-order valence-electron chi connectivity index (χ3n) is 3.90. The van der Waals surface area contributed by atoms with Crippen LogP contribution in [0.4, 0.5) is 5.69 Å². The molecule has 0 aliphatic heterocycles. The number of hydrogen-bond donors (Lipinski definition) is 1. The van der Waals surface area contributed by atoms with Crippen LogP contribution in [0.15, 0.2) is 36.4 Å². The lowest BCUT2D eigenvalue weighted by molar-refractivity contribution is -0.116. The molecule has 0 spiro atoms. The number of nitrogens with one attached hydrogen (secondary N) is 1. The quantitative estimate of drug-likeness (QED) is 0.733. The molecule has 5 heteroatoms. The number of rotatable bonds is 8. The van der Waals surface area contributed by atoms with E-state index in [1.807, 2.05) is 44.2 Å². The summed E-state index contributed by atoms with van der Waals surface area (Å²) < 4.78 is 16.2. The maximum atomic E-state index is 12.2. The molecule has 0 saturated heterocycles. The molecule has 0 saturated carbocycles. The summed E-state index contributed by atoms with van der Waals surface area (Å²) in [5, 5.41) is 2.92. The number of aryl methyl sites for hydroxylation is 2. The number of benzene rings is 2. The van der Waals surface area contributed by atoms with Gasteiger partial charge in [-0.25, -0.2) is 0 Å². The molecular formula is C20H25NO4. The van der Waals surface area contributed by atoms with Crippen LogP contribution in [-0.2, 0) is 4.79 Å². The smallest absolute Gasteiger partial charge is 0.224 e. The van der Waals surface area contributed by atoms with Crippen molar-refractivity contribution in [3.05, 3.63) is 47.5 Å². The van der Waals surface area contributed by atoms with E-state index in [1.54, 1.807) is 20.3 Å². The highest BCUT2D eigenvalue weighted by atomic mass is 16.5. The summed E-state index contributed by atoms with van der Waals surface area (Å²) in [6, 6.07) is 11.5. The number of amides is 1. The Balaban J connectivity index is 1.85. The van der Waals surface area contributed by atoms with E-state index in [0.29, 0.717) is 30.9 Å². The van der Waals surface area contributed by atoms with Gasteiger partial charge in [0.05, 0.1) is 20.8 Å². The minimum Gasteiger partial charge on any atom is -0.493 e. The van der Waals surface area contributed by atoms with Gasteiger partial charge in [0.25, 0.3) is 0 Å². The molecule has 0 radical (unpaired) electrons. The summed E-state index contributed by atoms with van der Waals surface area (Å²) in [6.07, 6.45) is 1.03. The lowest BCUT2D eigenvalue weighted by Crippen LogP contribution is -2.14. The highest BCUT2D eigenvalue weighted by Crippen LogP contribution is 2.32. The van der Waals surface area contributed by atoms with Crippen LogP contribution in [-0.4, -0.2) is 26.7 Å². The summed E-state index contributed by atoms with van der Waals surface area (Å²) >= 11 is 0. The Morgan fingerprint density at radius 3 is 2.32 bits per heavy atom. The Labute approximate surface area is 148 Å². The zero-order chi connectivity index (χ0) is 18.2. The lowest BCUT2D eigenvalue weighted by atomic mass is 10.1. The average molecular weight is 343 g/mol. The third kappa shape index (κ3) is 5.14. The number of carbonyl (C=O) groups excluding carboxylic acids is 1. The van der Waals surface area contributed by atoms with Gasteiger partial charge in [-0.1, -0.05) is 18.2 Å². The monoisotopic (exact) mass is 343 g/mol. The molecule has 0 atom stereocenters. The van der Waals surface area contributed by atoms with Crippen LogP contribution in [0.5, 0.6) is 17.2 Å². The molecular weight excluding hydrogens is 318 g/mol. The maximum absolute atomic E-state index is 12.2. The van der Waals surface area contributed by atoms with Crippen LogP contribution < -0.4 is 19.5 Å². The van der Waals surface area contributed by atoms with Crippen LogP contribution in [0.2, 0.25) is 0 Å². The van der Waals surface area contributed by atoms with Gasteiger partial charge in [0.1, 0.15) is 5.75 Å². The summed E-state index contributed by atoms with van der Waals surface area (Å²) in [7, 11) is 3.16. The molecule has 2 rings (SSSR count). The van der Waals surface area contributed by atoms with E-state index < -0.39 is 0 Å². The van der Waals surface area contributed by atoms with E-state index >= 15 is 0 Å². The van der Waals surface area contributed by atoms with Crippen LogP contribution in [0, 0.1) is 13.8 Å². The van der Waals surface area contributed by atoms with Crippen molar-refractivity contribution in [2.24, 2.45) is 0 Å². The maximum Gasteiger partial charge on any atom is 0.224 e. The molecule has 2 aromatic rings. The predicted molar refractivity (Wildman–Crippen MR) is 98.8 cm³/mol. The number of carbonyl (C=O) groups is 1. The van der Waals surface area contributed by atoms with Crippen molar-refractivity contribution in [3.63, 3.8) is 0 Å². The minimum absolute atomic E-state index is 0.0521. The first-order valence-electron chi connectivity index (χ1n) is 8.26. The van der Waals surface area contributed by atoms with E-state index in [2.05, 4.69) is 5.32 Å². The van der Waals surface area contributed by atoms with Gasteiger partial charge in [-0.2, -0.15) is 0 Å². The summed E-state index contributed by atoms with van der Waals surface area (Å²) in [6.45, 7) is 4.42. The Hall–Kier alpha value is -2.69. The molecule has 25 heavy (non-hydrogen) atoms. The summed E-state index contributed by atoms with van der Waals surface area (Å²) in [5.41, 5.74) is 2.73. The first-order chi connectivity index (χ1) is 12.0. The van der Waals surface area contributed by atoms with Gasteiger partial charge in [0.2, 0.25) is 5.91 Å². The van der Waals surface area contributed by atoms with Gasteiger partial charge in [0.15, 0.2) is 11.5 Å². The van der Waals surface area contributed by atoms with E-state index in [1.165, 1.54) is 0 Å². The van der Waals surface area contributed by atoms with Crippen LogP contribution >= 0.6 is 0 Å². The average Bonchev–Trinajstić information content (AvgIpc) is 2.61. The van der Waals surface area contributed by atoms with Crippen LogP contribution in [0.25, 0.3) is 0 Å². The second-order valence-electron chi connectivity index (χ2n) is 5.79. The molecule has 0 aromatic heterocycles. The SMILES string of the molecule is COc1cc(C)c(NC(=O)CCCOc2ccccc2C)cc1OC. The molecule has 1 amide bonds. The molecule has 1 N–H and O–H groups in total. The second kappa shape index (κ2) is 8.97. The fourth-order valence-corrected chi connectivity index (χ4v) is 2.46. The topological polar surface area (TPSA) is 56.8 Å². The first kappa shape index (κ1) is 18.6. The number of anilines is 1. The van der Waals surface area contributed by atoms with Gasteiger partial charge < -0.3 is 19.5 Å². The van der Waals surface area contributed by atoms with Crippen LogP contribution in [0.1, 0.15) is 24.0 Å². The van der Waals surface area contributed by atoms with E-state index in [9.17, 15) is 4.79 Å². The van der Waals surface area contributed by atoms with Gasteiger partial charge in [-0.15, -0.1) is 0 Å². The van der Waals surface area contributed by atoms with E-state index in [0.717, 1.165) is 22.6 Å². The molecule has 0 bridgehead atoms. The molecule has 5 nitrogen and oxygen atoms in total. The molecule has 2 aromatic carbocycles. The zero-order valence-corrected chi connectivity index (χ0v) is 15.2. The van der Waals surface area contributed by atoms with Crippen molar-refractivity contribution in [2.75, 3.05) is 26.1 Å². The Kier molecular flexibility index (Phi) is 6.69. The lowest BCUT2D eigenvalue weighted by Gasteiger charge is -2.14. The van der Waals surface area contributed by atoms with Crippen molar-refractivity contribution < 1.29 is 19.0 Å². The molecule has 0 aliphatic rings. The number of methoxy groups -OCH3 is 2. The number of hydrogen-bond acceptors (Lipinski definition) is 4. The first-order valence-corrected chi connectivity index (χ1v) is 8.26. The van der Waals surface area contributed by atoms with Crippen molar-refractivity contribution in [3.8, 4) is 17.2 Å². The molecule has 134 valence electrons. The van der Waals surface area contributed by atoms with Gasteiger partial charge in [0, 0.05) is 18.2 Å². The Morgan fingerprint density at radius 2 is 1.64 bits per heavy atom. The Bertz CT molecular complexity index is 728. The molecule has 0 unspecified atom stereocenters. The molecule has 0 aliphatic carbocycles. The number of para-hydroxylation sites is 1. The van der Waals surface area contributed by atoms with Gasteiger partial charge in [-0.3, -0.25) is 4.79 Å². The highest BCUT2D eigenvalue weighted by Gasteiger charge is 2.11. The Morgan fingerprint density at radius 1 is 0.960 bits per heavy atom. The molecule has 0 heterocycles. The largest absolute Gasteiger partial charge is 0.493 e. The summed E-state index contributed by atoms with van der Waals surface area (Å²) in [5.74, 6) is 2.04. The van der Waals surface area contributed by atoms with Crippen LogP contribution in [0.3, 0.4) is 0 Å². The van der Waals surface area contributed by atoms with E-state index in [4.69, 9.17) is 14.2 Å². The van der Waals surface area contributed by atoms with Crippen molar-refractivity contribution in [1.82, 2.24) is 0 Å².